The van der Waals surface area contributed by atoms with Gasteiger partial charge in [-0.15, -0.1) is 0 Å². The molecule has 7 heteroatoms. The molecule has 17 heavy (non-hydrogen) atoms. The van der Waals surface area contributed by atoms with Gasteiger partial charge >= 0.3 is 5.97 Å². The van der Waals surface area contributed by atoms with Crippen molar-refractivity contribution in [1.82, 2.24) is 10.3 Å². The number of carbonyl (C=O) groups excluding carboxylic acids is 1. The first kappa shape index (κ1) is 13.9. The van der Waals surface area contributed by atoms with E-state index in [1.54, 1.807) is 6.92 Å². The van der Waals surface area contributed by atoms with Crippen molar-refractivity contribution in [3.8, 4) is 0 Å². The predicted molar refractivity (Wildman–Crippen MR) is 64.6 cm³/mol. The molecule has 1 amide bonds. The molecular weight excluding hydrogens is 267 g/mol. The van der Waals surface area contributed by atoms with E-state index in [0.29, 0.717) is 6.42 Å². The van der Waals surface area contributed by atoms with Crippen molar-refractivity contribution in [2.24, 2.45) is 5.92 Å². The SMILES string of the molecule is CC(CCNC(=O)c1cc(Cl)c(Cl)[nH]1)C(=O)O. The van der Waals surface area contributed by atoms with Gasteiger partial charge in [-0.2, -0.15) is 0 Å². The second-order valence-corrected chi connectivity index (χ2v) is 4.41. The van der Waals surface area contributed by atoms with Gasteiger partial charge in [-0.05, 0) is 12.5 Å². The maximum Gasteiger partial charge on any atom is 0.306 e. The Morgan fingerprint density at radius 1 is 1.53 bits per heavy atom. The lowest BCUT2D eigenvalue weighted by molar-refractivity contribution is -0.141. The van der Waals surface area contributed by atoms with Gasteiger partial charge in [0.2, 0.25) is 0 Å². The molecule has 3 N–H and O–H groups in total. The quantitative estimate of drug-likeness (QED) is 0.772. The maximum atomic E-state index is 11.6. The fourth-order valence-corrected chi connectivity index (χ4v) is 1.46. The molecule has 1 aromatic heterocycles. The van der Waals surface area contributed by atoms with Crippen LogP contribution in [0.4, 0.5) is 0 Å². The highest BCUT2D eigenvalue weighted by Gasteiger charge is 2.13. The molecule has 0 aliphatic heterocycles. The normalized spacial score (nSPS) is 12.2. The fourth-order valence-electron chi connectivity index (χ4n) is 1.15. The third-order valence-corrected chi connectivity index (χ3v) is 2.95. The lowest BCUT2D eigenvalue weighted by atomic mass is 10.1. The second-order valence-electron chi connectivity index (χ2n) is 3.63. The summed E-state index contributed by atoms with van der Waals surface area (Å²) in [6.45, 7) is 1.86. The van der Waals surface area contributed by atoms with Crippen LogP contribution in [0.3, 0.4) is 0 Å². The molecule has 0 bridgehead atoms. The van der Waals surface area contributed by atoms with Crippen LogP contribution >= 0.6 is 23.2 Å². The standard InChI is InChI=1S/C10H12Cl2N2O3/c1-5(10(16)17)2-3-13-9(15)7-4-6(11)8(12)14-7/h4-5,14H,2-3H2,1H3,(H,13,15)(H,16,17). The minimum Gasteiger partial charge on any atom is -0.481 e. The van der Waals surface area contributed by atoms with Crippen LogP contribution in [-0.4, -0.2) is 28.5 Å². The van der Waals surface area contributed by atoms with Gasteiger partial charge in [0.05, 0.1) is 10.9 Å². The summed E-state index contributed by atoms with van der Waals surface area (Å²) in [4.78, 5) is 24.7. The largest absolute Gasteiger partial charge is 0.481 e. The molecular formula is C10H12Cl2N2O3. The summed E-state index contributed by atoms with van der Waals surface area (Å²) >= 11 is 11.3. The third kappa shape index (κ3) is 3.94. The summed E-state index contributed by atoms with van der Waals surface area (Å²) in [5, 5.41) is 11.7. The van der Waals surface area contributed by atoms with Gasteiger partial charge in [-0.25, -0.2) is 0 Å². The molecule has 94 valence electrons. The topological polar surface area (TPSA) is 82.2 Å². The molecule has 1 heterocycles. The van der Waals surface area contributed by atoms with Crippen LogP contribution in [0, 0.1) is 5.92 Å². The van der Waals surface area contributed by atoms with E-state index in [2.05, 4.69) is 10.3 Å². The molecule has 1 unspecified atom stereocenters. The molecule has 0 aromatic carbocycles. The van der Waals surface area contributed by atoms with E-state index in [4.69, 9.17) is 28.3 Å². The van der Waals surface area contributed by atoms with Crippen molar-refractivity contribution in [3.63, 3.8) is 0 Å². The lowest BCUT2D eigenvalue weighted by Crippen LogP contribution is -2.27. The zero-order valence-corrected chi connectivity index (χ0v) is 10.6. The molecule has 0 saturated carbocycles. The number of rotatable bonds is 5. The number of amides is 1. The van der Waals surface area contributed by atoms with Crippen LogP contribution in [0.15, 0.2) is 6.07 Å². The van der Waals surface area contributed by atoms with Crippen LogP contribution < -0.4 is 5.32 Å². The molecule has 1 aromatic rings. The third-order valence-electron chi connectivity index (χ3n) is 2.25. The van der Waals surface area contributed by atoms with E-state index < -0.39 is 11.9 Å². The van der Waals surface area contributed by atoms with Gasteiger partial charge in [0, 0.05) is 6.54 Å². The fraction of sp³-hybridized carbons (Fsp3) is 0.400. The van der Waals surface area contributed by atoms with Crippen molar-refractivity contribution in [1.29, 1.82) is 0 Å². The average molecular weight is 279 g/mol. The van der Waals surface area contributed by atoms with Gasteiger partial charge in [0.1, 0.15) is 10.8 Å². The monoisotopic (exact) mass is 278 g/mol. The lowest BCUT2D eigenvalue weighted by Gasteiger charge is -2.06. The number of aliphatic carboxylic acids is 1. The van der Waals surface area contributed by atoms with Crippen LogP contribution in [0.25, 0.3) is 0 Å². The first-order valence-corrected chi connectivity index (χ1v) is 5.72. The second kappa shape index (κ2) is 5.93. The number of carboxylic acid groups (broad SMARTS) is 1. The van der Waals surface area contributed by atoms with Gasteiger partial charge in [0.15, 0.2) is 0 Å². The minimum absolute atomic E-state index is 0.204. The maximum absolute atomic E-state index is 11.6. The predicted octanol–water partition coefficient (Wildman–Crippen LogP) is 2.16. The number of nitrogens with one attached hydrogen (secondary N) is 2. The number of halogens is 2. The Morgan fingerprint density at radius 2 is 2.18 bits per heavy atom. The molecule has 1 rings (SSSR count). The number of carboxylic acids is 1. The molecule has 0 spiro atoms. The Hall–Kier alpha value is -1.20. The first-order chi connectivity index (χ1) is 7.91. The number of H-pyrrole nitrogens is 1. The summed E-state index contributed by atoms with van der Waals surface area (Å²) in [6, 6.07) is 1.42. The molecule has 0 radical (unpaired) electrons. The smallest absolute Gasteiger partial charge is 0.306 e. The molecule has 0 aliphatic carbocycles. The van der Waals surface area contributed by atoms with Crippen LogP contribution in [-0.2, 0) is 4.79 Å². The Bertz CT molecular complexity index is 412. The summed E-state index contributed by atoms with van der Waals surface area (Å²) < 4.78 is 0. The van der Waals surface area contributed by atoms with E-state index in [1.165, 1.54) is 6.07 Å². The van der Waals surface area contributed by atoms with E-state index in [0.717, 1.165) is 0 Å². The Morgan fingerprint density at radius 3 is 2.65 bits per heavy atom. The highest BCUT2D eigenvalue weighted by Crippen LogP contribution is 2.21. The summed E-state index contributed by atoms with van der Waals surface area (Å²) in [6.07, 6.45) is 0.364. The van der Waals surface area contributed by atoms with Crippen molar-refractivity contribution in [3.05, 3.63) is 21.9 Å². The van der Waals surface area contributed by atoms with Crippen molar-refractivity contribution < 1.29 is 14.7 Å². The number of hydrogen-bond donors (Lipinski definition) is 3. The van der Waals surface area contributed by atoms with Crippen LogP contribution in [0.2, 0.25) is 10.2 Å². The van der Waals surface area contributed by atoms with Crippen molar-refractivity contribution in [2.45, 2.75) is 13.3 Å². The Labute approximate surface area is 108 Å². The van der Waals surface area contributed by atoms with Gasteiger partial charge in [0.25, 0.3) is 5.91 Å². The molecule has 1 atom stereocenters. The van der Waals surface area contributed by atoms with Crippen LogP contribution in [0.5, 0.6) is 0 Å². The highest BCUT2D eigenvalue weighted by molar-refractivity contribution is 6.41. The number of carbonyl (C=O) groups is 2. The summed E-state index contributed by atoms with van der Waals surface area (Å²) in [5.74, 6) is -1.74. The Kier molecular flexibility index (Phi) is 4.84. The van der Waals surface area contributed by atoms with E-state index in [9.17, 15) is 9.59 Å². The zero-order chi connectivity index (χ0) is 13.0. The van der Waals surface area contributed by atoms with Gasteiger partial charge in [-0.3, -0.25) is 9.59 Å². The van der Waals surface area contributed by atoms with E-state index in [-0.39, 0.29) is 28.3 Å². The van der Waals surface area contributed by atoms with Crippen molar-refractivity contribution >= 4 is 35.1 Å². The molecule has 0 fully saturated rings. The Balaban J connectivity index is 2.43. The van der Waals surface area contributed by atoms with Crippen LogP contribution in [0.1, 0.15) is 23.8 Å². The van der Waals surface area contributed by atoms with E-state index in [1.807, 2.05) is 0 Å². The van der Waals surface area contributed by atoms with Gasteiger partial charge in [-0.1, -0.05) is 30.1 Å². The molecule has 0 aliphatic rings. The van der Waals surface area contributed by atoms with E-state index >= 15 is 0 Å². The number of aromatic nitrogens is 1. The molecule has 0 saturated heterocycles. The molecule has 5 nitrogen and oxygen atoms in total. The number of hydrogen-bond acceptors (Lipinski definition) is 2. The minimum atomic E-state index is -0.884. The van der Waals surface area contributed by atoms with Gasteiger partial charge < -0.3 is 15.4 Å². The summed E-state index contributed by atoms with van der Waals surface area (Å²) in [5.41, 5.74) is 0.253. The first-order valence-electron chi connectivity index (χ1n) is 4.96. The number of aromatic amines is 1. The highest BCUT2D eigenvalue weighted by atomic mass is 35.5. The summed E-state index contributed by atoms with van der Waals surface area (Å²) in [7, 11) is 0. The van der Waals surface area contributed by atoms with Crippen molar-refractivity contribution in [2.75, 3.05) is 6.54 Å². The zero-order valence-electron chi connectivity index (χ0n) is 9.09. The average Bonchev–Trinajstić information content (AvgIpc) is 2.59.